The highest BCUT2D eigenvalue weighted by atomic mass is 16.5. The minimum Gasteiger partial charge on any atom is -0.383 e. The summed E-state index contributed by atoms with van der Waals surface area (Å²) in [6.07, 6.45) is 1.24. The molecule has 1 aliphatic heterocycles. The van der Waals surface area contributed by atoms with Crippen molar-refractivity contribution in [1.29, 1.82) is 0 Å². The zero-order chi connectivity index (χ0) is 24.2. The first kappa shape index (κ1) is 22.4. The number of rotatable bonds is 6. The molecular formula is C27H26N6O2. The van der Waals surface area contributed by atoms with Gasteiger partial charge in [-0.2, -0.15) is 4.98 Å². The number of para-hydroxylation sites is 1. The van der Waals surface area contributed by atoms with Gasteiger partial charge < -0.3 is 26.0 Å². The number of carbonyl (C=O) groups is 1. The number of nitrogens with one attached hydrogen (secondary N) is 2. The van der Waals surface area contributed by atoms with E-state index in [2.05, 4.69) is 39.2 Å². The van der Waals surface area contributed by atoms with Crippen LogP contribution in [0.3, 0.4) is 0 Å². The summed E-state index contributed by atoms with van der Waals surface area (Å²) in [5.41, 5.74) is 11.5. The van der Waals surface area contributed by atoms with E-state index >= 15 is 0 Å². The van der Waals surface area contributed by atoms with Gasteiger partial charge in [-0.15, -0.1) is 0 Å². The van der Waals surface area contributed by atoms with Gasteiger partial charge in [0.2, 0.25) is 11.9 Å². The Balaban J connectivity index is 1.45. The van der Waals surface area contributed by atoms with Crippen molar-refractivity contribution < 1.29 is 9.53 Å². The highest BCUT2D eigenvalue weighted by Crippen LogP contribution is 2.32. The highest BCUT2D eigenvalue weighted by molar-refractivity contribution is 6.01. The van der Waals surface area contributed by atoms with Gasteiger partial charge in [0.1, 0.15) is 5.82 Å². The van der Waals surface area contributed by atoms with E-state index in [1.807, 2.05) is 54.6 Å². The van der Waals surface area contributed by atoms with Crippen molar-refractivity contribution >= 4 is 45.6 Å². The van der Waals surface area contributed by atoms with Crippen LogP contribution in [0.5, 0.6) is 0 Å². The zero-order valence-electron chi connectivity index (χ0n) is 19.2. The van der Waals surface area contributed by atoms with Crippen molar-refractivity contribution in [2.24, 2.45) is 0 Å². The van der Waals surface area contributed by atoms with E-state index in [4.69, 9.17) is 15.5 Å². The Kier molecular flexibility index (Phi) is 6.28. The Morgan fingerprint density at radius 2 is 1.77 bits per heavy atom. The van der Waals surface area contributed by atoms with E-state index in [-0.39, 0.29) is 5.91 Å². The van der Waals surface area contributed by atoms with Gasteiger partial charge in [0.25, 0.3) is 0 Å². The fourth-order valence-corrected chi connectivity index (χ4v) is 4.13. The van der Waals surface area contributed by atoms with Gasteiger partial charge in [-0.05, 0) is 54.1 Å². The van der Waals surface area contributed by atoms with Crippen molar-refractivity contribution in [2.45, 2.75) is 0 Å². The molecule has 0 aliphatic carbocycles. The van der Waals surface area contributed by atoms with Gasteiger partial charge in [0.05, 0.1) is 18.7 Å². The van der Waals surface area contributed by atoms with Crippen LogP contribution in [0, 0.1) is 0 Å². The van der Waals surface area contributed by atoms with Gasteiger partial charge in [-0.3, -0.25) is 4.79 Å². The molecule has 8 heteroatoms. The molecule has 2 heterocycles. The first-order chi connectivity index (χ1) is 17.1. The second-order valence-electron chi connectivity index (χ2n) is 8.18. The molecule has 4 N–H and O–H groups in total. The molecule has 5 rings (SSSR count). The number of hydrogen-bond donors (Lipinski definition) is 3. The molecule has 1 fully saturated rings. The molecule has 1 aromatic heterocycles. The molecule has 0 saturated carbocycles. The van der Waals surface area contributed by atoms with Gasteiger partial charge in [-0.25, -0.2) is 4.98 Å². The predicted octanol–water partition coefficient (Wildman–Crippen LogP) is 4.58. The van der Waals surface area contributed by atoms with Gasteiger partial charge in [-0.1, -0.05) is 30.8 Å². The van der Waals surface area contributed by atoms with E-state index in [0.717, 1.165) is 59.7 Å². The molecule has 0 spiro atoms. The van der Waals surface area contributed by atoms with Crippen molar-refractivity contribution in [3.8, 4) is 11.1 Å². The summed E-state index contributed by atoms with van der Waals surface area (Å²) in [5, 5.41) is 6.83. The number of carbonyl (C=O) groups excluding carboxylic acids is 1. The number of hydrogen-bond acceptors (Lipinski definition) is 7. The minimum atomic E-state index is -0.266. The molecule has 1 aliphatic rings. The average Bonchev–Trinajstić information content (AvgIpc) is 2.89. The number of nitrogens with two attached hydrogens (primary N) is 1. The summed E-state index contributed by atoms with van der Waals surface area (Å²) in [4.78, 5) is 23.3. The predicted molar refractivity (Wildman–Crippen MR) is 141 cm³/mol. The third kappa shape index (κ3) is 4.92. The Bertz CT molecular complexity index is 1380. The van der Waals surface area contributed by atoms with Crippen LogP contribution in [-0.4, -0.2) is 42.2 Å². The maximum absolute atomic E-state index is 11.7. The summed E-state index contributed by atoms with van der Waals surface area (Å²) in [5.74, 6) is 0.538. The summed E-state index contributed by atoms with van der Waals surface area (Å²) < 4.78 is 5.44. The molecule has 176 valence electrons. The first-order valence-electron chi connectivity index (χ1n) is 11.4. The Labute approximate surface area is 203 Å². The fraction of sp³-hybridized carbons (Fsp3) is 0.148. The number of nitrogen functional groups attached to an aromatic ring is 1. The van der Waals surface area contributed by atoms with Gasteiger partial charge in [0.15, 0.2) is 0 Å². The molecule has 0 bridgehead atoms. The van der Waals surface area contributed by atoms with E-state index < -0.39 is 0 Å². The fourth-order valence-electron chi connectivity index (χ4n) is 4.13. The molecule has 0 unspecified atom stereocenters. The molecule has 8 nitrogen and oxygen atoms in total. The van der Waals surface area contributed by atoms with Crippen molar-refractivity contribution in [3.05, 3.63) is 79.4 Å². The Morgan fingerprint density at radius 3 is 2.54 bits per heavy atom. The lowest BCUT2D eigenvalue weighted by Crippen LogP contribution is -2.36. The first-order valence-corrected chi connectivity index (χ1v) is 11.4. The largest absolute Gasteiger partial charge is 0.383 e. The molecule has 35 heavy (non-hydrogen) atoms. The molecule has 4 aromatic rings. The van der Waals surface area contributed by atoms with Crippen LogP contribution in [-0.2, 0) is 9.53 Å². The lowest BCUT2D eigenvalue weighted by molar-refractivity contribution is -0.111. The number of anilines is 5. The quantitative estimate of drug-likeness (QED) is 0.357. The normalized spacial score (nSPS) is 13.4. The Morgan fingerprint density at radius 1 is 1.00 bits per heavy atom. The number of amides is 1. The number of ether oxygens (including phenoxy) is 1. The number of benzene rings is 3. The third-order valence-electron chi connectivity index (χ3n) is 5.88. The number of morpholine rings is 1. The molecule has 1 saturated heterocycles. The average molecular weight is 467 g/mol. The lowest BCUT2D eigenvalue weighted by atomic mass is 10.0. The number of aromatic nitrogens is 2. The topological polar surface area (TPSA) is 105 Å². The van der Waals surface area contributed by atoms with E-state index in [1.165, 1.54) is 6.08 Å². The monoisotopic (exact) mass is 466 g/mol. The number of nitrogens with zero attached hydrogens (tertiary/aromatic N) is 3. The maximum Gasteiger partial charge on any atom is 0.247 e. The second kappa shape index (κ2) is 9.82. The van der Waals surface area contributed by atoms with Crippen molar-refractivity contribution in [1.82, 2.24) is 9.97 Å². The summed E-state index contributed by atoms with van der Waals surface area (Å²) in [6.45, 7) is 6.77. The van der Waals surface area contributed by atoms with Crippen LogP contribution in [0.2, 0.25) is 0 Å². The van der Waals surface area contributed by atoms with Crippen LogP contribution in [0.25, 0.3) is 22.0 Å². The summed E-state index contributed by atoms with van der Waals surface area (Å²) in [7, 11) is 0. The van der Waals surface area contributed by atoms with Crippen LogP contribution in [0.15, 0.2) is 79.4 Å². The van der Waals surface area contributed by atoms with Crippen LogP contribution >= 0.6 is 0 Å². The second-order valence-corrected chi connectivity index (χ2v) is 8.18. The Hall–Kier alpha value is -4.43. The zero-order valence-corrected chi connectivity index (χ0v) is 19.2. The summed E-state index contributed by atoms with van der Waals surface area (Å²) >= 11 is 0. The SMILES string of the molecule is C=CC(=O)Nc1cccc(-c2cccc3c(N)nc(Nc4ccc(N5CCOCC5)cc4)nc23)c1. The molecule has 3 aromatic carbocycles. The highest BCUT2D eigenvalue weighted by Gasteiger charge is 2.13. The standard InChI is InChI=1S/C27H26N6O2/c1-2-24(34)29-20-6-3-5-18(17-20)22-7-4-8-23-25(22)31-27(32-26(23)28)30-19-9-11-21(12-10-19)33-13-15-35-16-14-33/h2-12,17H,1,13-16H2,(H,29,34)(H3,28,30,31,32). The number of fused-ring (bicyclic) bond motifs is 1. The molecular weight excluding hydrogens is 440 g/mol. The maximum atomic E-state index is 11.7. The smallest absolute Gasteiger partial charge is 0.247 e. The summed E-state index contributed by atoms with van der Waals surface area (Å²) in [6, 6.07) is 21.5. The van der Waals surface area contributed by atoms with Crippen molar-refractivity contribution in [3.63, 3.8) is 0 Å². The van der Waals surface area contributed by atoms with E-state index in [9.17, 15) is 4.79 Å². The molecule has 1 amide bonds. The van der Waals surface area contributed by atoms with Gasteiger partial charge >= 0.3 is 0 Å². The van der Waals surface area contributed by atoms with E-state index in [1.54, 1.807) is 0 Å². The molecule has 0 radical (unpaired) electrons. The van der Waals surface area contributed by atoms with E-state index in [0.29, 0.717) is 17.5 Å². The third-order valence-corrected chi connectivity index (χ3v) is 5.88. The van der Waals surface area contributed by atoms with Crippen LogP contribution < -0.4 is 21.3 Å². The lowest BCUT2D eigenvalue weighted by Gasteiger charge is -2.28. The molecule has 0 atom stereocenters. The van der Waals surface area contributed by atoms with Crippen LogP contribution in [0.4, 0.5) is 28.8 Å². The van der Waals surface area contributed by atoms with Crippen molar-refractivity contribution in [2.75, 3.05) is 47.6 Å². The van der Waals surface area contributed by atoms with Crippen LogP contribution in [0.1, 0.15) is 0 Å². The minimum absolute atomic E-state index is 0.266. The van der Waals surface area contributed by atoms with Gasteiger partial charge in [0, 0.05) is 41.1 Å².